The topological polar surface area (TPSA) is 32.3 Å². The fourth-order valence-corrected chi connectivity index (χ4v) is 0.928. The summed E-state index contributed by atoms with van der Waals surface area (Å²) in [5, 5.41) is 11.5. The number of benzene rings is 1. The number of halogens is 3. The summed E-state index contributed by atoms with van der Waals surface area (Å²) in [5.74, 6) is 0.0892. The maximum absolute atomic E-state index is 11.7. The summed E-state index contributed by atoms with van der Waals surface area (Å²) in [6.07, 6.45) is -5.00. The van der Waals surface area contributed by atoms with Crippen molar-refractivity contribution in [3.63, 3.8) is 0 Å². The van der Waals surface area contributed by atoms with Gasteiger partial charge in [-0.2, -0.15) is 13.2 Å². The average Bonchev–Trinajstić information content (AvgIpc) is 2.06. The van der Waals surface area contributed by atoms with Crippen molar-refractivity contribution in [2.45, 2.75) is 12.6 Å². The molecule has 1 rings (SSSR count). The fourth-order valence-electron chi connectivity index (χ4n) is 0.928. The van der Waals surface area contributed by atoms with Gasteiger partial charge in [-0.05, 0) is 24.3 Å². The third-order valence-electron chi connectivity index (χ3n) is 1.60. The van der Waals surface area contributed by atoms with E-state index in [1.165, 1.54) is 24.3 Å². The highest BCUT2D eigenvalue weighted by molar-refractivity contribution is 5.45. The van der Waals surface area contributed by atoms with Gasteiger partial charge in [-0.3, -0.25) is 0 Å². The summed E-state index contributed by atoms with van der Waals surface area (Å²) < 4.78 is 35.2. The Bertz CT molecular complexity index is 281. The highest BCUT2D eigenvalue weighted by Gasteiger charge is 2.25. The Hall–Kier alpha value is -1.39. The molecule has 78 valence electrons. The third kappa shape index (κ3) is 4.02. The molecule has 5 heteroatoms. The van der Waals surface area contributed by atoms with Crippen LogP contribution in [0, 0.1) is 0 Å². The maximum atomic E-state index is 11.7. The van der Waals surface area contributed by atoms with Gasteiger partial charge in [-0.25, -0.2) is 0 Å². The minimum atomic E-state index is -4.14. The molecule has 0 amide bonds. The van der Waals surface area contributed by atoms with E-state index >= 15 is 0 Å². The molecule has 0 aromatic heterocycles. The van der Waals surface area contributed by atoms with Gasteiger partial charge in [0.15, 0.2) is 0 Å². The Labute approximate surface area is 79.4 Å². The molecule has 0 fully saturated rings. The second-order valence-corrected chi connectivity index (χ2v) is 2.84. The Balaban J connectivity index is 2.35. The minimum absolute atomic E-state index is 0.0892. The summed E-state index contributed by atoms with van der Waals surface area (Å²) in [7, 11) is 0. The molecule has 0 aliphatic carbocycles. The molecule has 0 saturated heterocycles. The van der Waals surface area contributed by atoms with Crippen molar-refractivity contribution in [1.29, 1.82) is 0 Å². The summed E-state index contributed by atoms with van der Waals surface area (Å²) in [4.78, 5) is 0. The zero-order valence-electron chi connectivity index (χ0n) is 7.30. The number of nitrogens with one attached hydrogen (secondary N) is 1. The number of hydrogen-bond donors (Lipinski definition) is 2. The van der Waals surface area contributed by atoms with Gasteiger partial charge in [0, 0.05) is 12.2 Å². The number of rotatable bonds is 3. The Kier molecular flexibility index (Phi) is 3.22. The van der Waals surface area contributed by atoms with Crippen molar-refractivity contribution in [2.24, 2.45) is 0 Å². The van der Waals surface area contributed by atoms with Crippen LogP contribution in [0.1, 0.15) is 6.42 Å². The second kappa shape index (κ2) is 4.21. The molecule has 2 N–H and O–H groups in total. The molecule has 2 nitrogen and oxygen atoms in total. The quantitative estimate of drug-likeness (QED) is 0.743. The average molecular weight is 205 g/mol. The molecule has 0 bridgehead atoms. The normalized spacial score (nSPS) is 11.4. The zero-order valence-corrected chi connectivity index (χ0v) is 7.30. The first-order valence-electron chi connectivity index (χ1n) is 4.07. The number of aromatic hydroxyl groups is 1. The van der Waals surface area contributed by atoms with E-state index in [2.05, 4.69) is 5.32 Å². The Morgan fingerprint density at radius 3 is 2.21 bits per heavy atom. The summed E-state index contributed by atoms with van der Waals surface area (Å²) in [5.41, 5.74) is 0.562. The molecule has 0 aliphatic rings. The second-order valence-electron chi connectivity index (χ2n) is 2.84. The lowest BCUT2D eigenvalue weighted by molar-refractivity contribution is -0.131. The van der Waals surface area contributed by atoms with E-state index in [-0.39, 0.29) is 12.3 Å². The van der Waals surface area contributed by atoms with Crippen molar-refractivity contribution < 1.29 is 18.3 Å². The summed E-state index contributed by atoms with van der Waals surface area (Å²) in [6.45, 7) is -0.158. The van der Waals surface area contributed by atoms with E-state index in [1.54, 1.807) is 0 Å². The van der Waals surface area contributed by atoms with E-state index in [9.17, 15) is 13.2 Å². The number of alkyl halides is 3. The van der Waals surface area contributed by atoms with E-state index in [1.807, 2.05) is 0 Å². The molecule has 14 heavy (non-hydrogen) atoms. The predicted octanol–water partition coefficient (Wildman–Crippen LogP) is 2.76. The van der Waals surface area contributed by atoms with Crippen LogP contribution in [0.5, 0.6) is 5.75 Å². The van der Waals surface area contributed by atoms with Gasteiger partial charge < -0.3 is 10.4 Å². The molecule has 1 aromatic rings. The number of phenols is 1. The minimum Gasteiger partial charge on any atom is -0.508 e. The maximum Gasteiger partial charge on any atom is 0.390 e. The number of phenolic OH excluding ortho intramolecular Hbond substituents is 1. The van der Waals surface area contributed by atoms with Crippen molar-refractivity contribution in [3.8, 4) is 5.75 Å². The molecule has 0 radical (unpaired) electrons. The largest absolute Gasteiger partial charge is 0.508 e. The molecule has 0 aliphatic heterocycles. The molecule has 0 unspecified atom stereocenters. The van der Waals surface area contributed by atoms with Gasteiger partial charge in [0.05, 0.1) is 6.42 Å². The van der Waals surface area contributed by atoms with Gasteiger partial charge in [-0.15, -0.1) is 0 Å². The molecule has 0 spiro atoms. The predicted molar refractivity (Wildman–Crippen MR) is 47.3 cm³/mol. The van der Waals surface area contributed by atoms with Crippen LogP contribution in [0.3, 0.4) is 0 Å². The molecule has 0 heterocycles. The fraction of sp³-hybridized carbons (Fsp3) is 0.333. The number of anilines is 1. The lowest BCUT2D eigenvalue weighted by atomic mass is 10.3. The first-order valence-corrected chi connectivity index (χ1v) is 4.07. The van der Waals surface area contributed by atoms with Gasteiger partial charge >= 0.3 is 6.18 Å². The van der Waals surface area contributed by atoms with Crippen molar-refractivity contribution in [1.82, 2.24) is 0 Å². The van der Waals surface area contributed by atoms with Crippen LogP contribution < -0.4 is 5.32 Å². The van der Waals surface area contributed by atoms with Gasteiger partial charge in [0.25, 0.3) is 0 Å². The SMILES string of the molecule is Oc1ccc(NCCC(F)(F)F)cc1. The molecular weight excluding hydrogens is 195 g/mol. The monoisotopic (exact) mass is 205 g/mol. The standard InChI is InChI=1S/C9H10F3NO/c10-9(11,12)5-6-13-7-1-3-8(14)4-2-7/h1-4,13-14H,5-6H2. The van der Waals surface area contributed by atoms with E-state index in [0.29, 0.717) is 5.69 Å². The lowest BCUT2D eigenvalue weighted by Crippen LogP contribution is -2.14. The van der Waals surface area contributed by atoms with Crippen LogP contribution in [-0.2, 0) is 0 Å². The Morgan fingerprint density at radius 2 is 1.71 bits per heavy atom. The van der Waals surface area contributed by atoms with Crippen molar-refractivity contribution >= 4 is 5.69 Å². The molecule has 0 saturated carbocycles. The highest BCUT2D eigenvalue weighted by Crippen LogP contribution is 2.20. The van der Waals surface area contributed by atoms with Crippen molar-refractivity contribution in [3.05, 3.63) is 24.3 Å². The first-order chi connectivity index (χ1) is 6.47. The van der Waals surface area contributed by atoms with E-state index in [4.69, 9.17) is 5.11 Å². The van der Waals surface area contributed by atoms with Crippen LogP contribution >= 0.6 is 0 Å². The van der Waals surface area contributed by atoms with E-state index < -0.39 is 12.6 Å². The van der Waals surface area contributed by atoms with Gasteiger partial charge in [0.1, 0.15) is 5.75 Å². The van der Waals surface area contributed by atoms with E-state index in [0.717, 1.165) is 0 Å². The van der Waals surface area contributed by atoms with Crippen LogP contribution in [0.15, 0.2) is 24.3 Å². The van der Waals surface area contributed by atoms with Gasteiger partial charge in [-0.1, -0.05) is 0 Å². The van der Waals surface area contributed by atoms with Crippen LogP contribution in [-0.4, -0.2) is 17.8 Å². The molecule has 0 atom stereocenters. The zero-order chi connectivity index (χ0) is 10.6. The smallest absolute Gasteiger partial charge is 0.390 e. The summed E-state index contributed by atoms with van der Waals surface area (Å²) in [6, 6.07) is 5.86. The third-order valence-corrected chi connectivity index (χ3v) is 1.60. The first kappa shape index (κ1) is 10.7. The highest BCUT2D eigenvalue weighted by atomic mass is 19.4. The van der Waals surface area contributed by atoms with Crippen molar-refractivity contribution in [2.75, 3.05) is 11.9 Å². The van der Waals surface area contributed by atoms with Crippen LogP contribution in [0.4, 0.5) is 18.9 Å². The lowest BCUT2D eigenvalue weighted by Gasteiger charge is -2.08. The van der Waals surface area contributed by atoms with Crippen LogP contribution in [0.25, 0.3) is 0 Å². The molecule has 1 aromatic carbocycles. The molecular formula is C9H10F3NO. The number of hydrogen-bond acceptors (Lipinski definition) is 2. The van der Waals surface area contributed by atoms with Gasteiger partial charge in [0.2, 0.25) is 0 Å². The summed E-state index contributed by atoms with van der Waals surface area (Å²) >= 11 is 0. The Morgan fingerprint density at radius 1 is 1.14 bits per heavy atom. The van der Waals surface area contributed by atoms with Crippen LogP contribution in [0.2, 0.25) is 0 Å².